The molecule has 3 aromatic rings. The van der Waals surface area contributed by atoms with E-state index in [4.69, 9.17) is 11.5 Å². The third kappa shape index (κ3) is 3.43. The molecule has 0 saturated heterocycles. The molecule has 29 heavy (non-hydrogen) atoms. The summed E-state index contributed by atoms with van der Waals surface area (Å²) in [6.45, 7) is 0. The van der Waals surface area contributed by atoms with Crippen molar-refractivity contribution in [3.05, 3.63) is 73.1 Å². The molecule has 1 atom stereocenters. The number of anilines is 1. The fourth-order valence-corrected chi connectivity index (χ4v) is 4.41. The van der Waals surface area contributed by atoms with Crippen molar-refractivity contribution >= 4 is 11.4 Å². The quantitative estimate of drug-likeness (QED) is 0.550. The molecule has 2 aromatic heterocycles. The summed E-state index contributed by atoms with van der Waals surface area (Å²) in [7, 11) is 0. The Bertz CT molecular complexity index is 994. The standard InChI is InChI=1S/C22H27N7/c23-17-5-3-16(4-6-17)22(24)15-20(21-25-11-14-29(21)27-22)26-18-7-9-19(10-8-18)28-12-1-2-13-28/h1-2,7-17,26-27H,3-6,23-24H2. The summed E-state index contributed by atoms with van der Waals surface area (Å²) in [6.07, 6.45) is 13.9. The zero-order chi connectivity index (χ0) is 19.8. The first-order valence-corrected chi connectivity index (χ1v) is 10.2. The molecule has 1 aliphatic carbocycles. The second-order valence-electron chi connectivity index (χ2n) is 8.10. The van der Waals surface area contributed by atoms with E-state index in [1.165, 1.54) is 0 Å². The van der Waals surface area contributed by atoms with Gasteiger partial charge < -0.3 is 26.8 Å². The van der Waals surface area contributed by atoms with Gasteiger partial charge >= 0.3 is 0 Å². The zero-order valence-electron chi connectivity index (χ0n) is 16.3. The van der Waals surface area contributed by atoms with E-state index in [1.807, 2.05) is 35.4 Å². The Hall–Kier alpha value is -3.03. The van der Waals surface area contributed by atoms with Crippen LogP contribution in [0.1, 0.15) is 31.5 Å². The SMILES string of the molecule is NC1CCC(C2(N)C=C(Nc3ccc(-n4cccc4)cc3)c3nccn3N2)CC1. The van der Waals surface area contributed by atoms with Crippen molar-refractivity contribution < 1.29 is 0 Å². The lowest BCUT2D eigenvalue weighted by atomic mass is 9.78. The van der Waals surface area contributed by atoms with Crippen molar-refractivity contribution in [3.63, 3.8) is 0 Å². The number of hydrogen-bond donors (Lipinski definition) is 4. The summed E-state index contributed by atoms with van der Waals surface area (Å²) in [5.41, 5.74) is 18.8. The number of nitrogens with two attached hydrogens (primary N) is 2. The van der Waals surface area contributed by atoms with Crippen LogP contribution in [0, 0.1) is 5.92 Å². The fourth-order valence-electron chi connectivity index (χ4n) is 4.41. The van der Waals surface area contributed by atoms with Crippen molar-refractivity contribution in [2.75, 3.05) is 10.7 Å². The molecule has 1 saturated carbocycles. The van der Waals surface area contributed by atoms with Crippen molar-refractivity contribution in [2.45, 2.75) is 37.4 Å². The number of aromatic nitrogens is 3. The number of nitrogens with one attached hydrogen (secondary N) is 2. The molecule has 0 spiro atoms. The van der Waals surface area contributed by atoms with Crippen LogP contribution in [0.3, 0.4) is 0 Å². The van der Waals surface area contributed by atoms with E-state index < -0.39 is 5.66 Å². The van der Waals surface area contributed by atoms with E-state index in [0.29, 0.717) is 12.0 Å². The lowest BCUT2D eigenvalue weighted by Crippen LogP contribution is -2.58. The Kier molecular flexibility index (Phi) is 4.41. The van der Waals surface area contributed by atoms with Crippen molar-refractivity contribution in [1.29, 1.82) is 0 Å². The minimum absolute atomic E-state index is 0.294. The van der Waals surface area contributed by atoms with Crippen LogP contribution in [0.15, 0.2) is 67.3 Å². The molecule has 6 N–H and O–H groups in total. The molecular formula is C22H27N7. The van der Waals surface area contributed by atoms with Gasteiger partial charge in [0.15, 0.2) is 5.82 Å². The van der Waals surface area contributed by atoms with E-state index in [9.17, 15) is 0 Å². The predicted octanol–water partition coefficient (Wildman–Crippen LogP) is 2.86. The molecule has 2 aliphatic rings. The molecule has 7 nitrogen and oxygen atoms in total. The van der Waals surface area contributed by atoms with Crippen LogP contribution >= 0.6 is 0 Å². The summed E-state index contributed by atoms with van der Waals surface area (Å²) in [5.74, 6) is 1.15. The Morgan fingerprint density at radius 2 is 1.76 bits per heavy atom. The van der Waals surface area contributed by atoms with Gasteiger partial charge in [0.25, 0.3) is 0 Å². The normalized spacial score (nSPS) is 26.3. The Labute approximate surface area is 170 Å². The van der Waals surface area contributed by atoms with Gasteiger partial charge in [-0.1, -0.05) is 0 Å². The van der Waals surface area contributed by atoms with Crippen LogP contribution in [-0.2, 0) is 0 Å². The average Bonchev–Trinajstić information content (AvgIpc) is 3.41. The van der Waals surface area contributed by atoms with Crippen LogP contribution in [0.4, 0.5) is 5.69 Å². The molecule has 1 aromatic carbocycles. The second kappa shape index (κ2) is 7.09. The lowest BCUT2D eigenvalue weighted by Gasteiger charge is -2.42. The number of fused-ring (bicyclic) bond motifs is 1. The minimum Gasteiger partial charge on any atom is -0.353 e. The number of hydrogen-bond acceptors (Lipinski definition) is 5. The number of benzene rings is 1. The molecule has 7 heteroatoms. The molecule has 0 radical (unpaired) electrons. The lowest BCUT2D eigenvalue weighted by molar-refractivity contribution is 0.239. The van der Waals surface area contributed by atoms with Gasteiger partial charge in [-0.3, -0.25) is 0 Å². The number of imidazole rings is 1. The van der Waals surface area contributed by atoms with Crippen LogP contribution in [0.5, 0.6) is 0 Å². The van der Waals surface area contributed by atoms with Crippen molar-refractivity contribution in [1.82, 2.24) is 14.2 Å². The van der Waals surface area contributed by atoms with Gasteiger partial charge in [0.2, 0.25) is 0 Å². The van der Waals surface area contributed by atoms with Gasteiger partial charge in [0, 0.05) is 48.1 Å². The maximum Gasteiger partial charge on any atom is 0.174 e. The molecule has 1 aliphatic heterocycles. The third-order valence-corrected chi connectivity index (χ3v) is 6.08. The molecule has 3 heterocycles. The highest BCUT2D eigenvalue weighted by atomic mass is 15.5. The number of rotatable bonds is 4. The summed E-state index contributed by atoms with van der Waals surface area (Å²) >= 11 is 0. The average molecular weight is 390 g/mol. The smallest absolute Gasteiger partial charge is 0.174 e. The Balaban J connectivity index is 1.42. The van der Waals surface area contributed by atoms with Gasteiger partial charge in [0.1, 0.15) is 5.66 Å². The largest absolute Gasteiger partial charge is 0.353 e. The van der Waals surface area contributed by atoms with Crippen LogP contribution in [-0.4, -0.2) is 25.9 Å². The molecule has 5 rings (SSSR count). The van der Waals surface area contributed by atoms with E-state index >= 15 is 0 Å². The number of nitrogens with zero attached hydrogens (tertiary/aromatic N) is 3. The first-order chi connectivity index (χ1) is 14.1. The van der Waals surface area contributed by atoms with Crippen LogP contribution < -0.4 is 22.2 Å². The predicted molar refractivity (Wildman–Crippen MR) is 116 cm³/mol. The van der Waals surface area contributed by atoms with Crippen molar-refractivity contribution in [2.24, 2.45) is 17.4 Å². The molecular weight excluding hydrogens is 362 g/mol. The minimum atomic E-state index is -0.638. The first-order valence-electron chi connectivity index (χ1n) is 10.2. The van der Waals surface area contributed by atoms with Gasteiger partial charge in [-0.2, -0.15) is 0 Å². The maximum absolute atomic E-state index is 6.87. The summed E-state index contributed by atoms with van der Waals surface area (Å²) in [6, 6.07) is 12.7. The molecule has 150 valence electrons. The van der Waals surface area contributed by atoms with Gasteiger partial charge in [-0.25, -0.2) is 9.66 Å². The maximum atomic E-state index is 6.87. The summed E-state index contributed by atoms with van der Waals surface area (Å²) in [4.78, 5) is 4.51. The molecule has 1 unspecified atom stereocenters. The van der Waals surface area contributed by atoms with Crippen LogP contribution in [0.2, 0.25) is 0 Å². The van der Waals surface area contributed by atoms with Crippen molar-refractivity contribution in [3.8, 4) is 5.69 Å². The van der Waals surface area contributed by atoms with E-state index in [1.54, 1.807) is 6.20 Å². The molecule has 0 bridgehead atoms. The summed E-state index contributed by atoms with van der Waals surface area (Å²) in [5, 5.41) is 3.52. The second-order valence-corrected chi connectivity index (χ2v) is 8.10. The fraction of sp³-hybridized carbons (Fsp3) is 0.318. The Morgan fingerprint density at radius 3 is 2.48 bits per heavy atom. The highest BCUT2D eigenvalue weighted by molar-refractivity contribution is 5.76. The van der Waals surface area contributed by atoms with Gasteiger partial charge in [-0.15, -0.1) is 0 Å². The first kappa shape index (κ1) is 18.0. The van der Waals surface area contributed by atoms with E-state index in [-0.39, 0.29) is 0 Å². The van der Waals surface area contributed by atoms with Gasteiger partial charge in [0.05, 0.1) is 5.70 Å². The topological polar surface area (TPSA) is 98.8 Å². The molecule has 1 fully saturated rings. The summed E-state index contributed by atoms with van der Waals surface area (Å²) < 4.78 is 4.00. The highest BCUT2D eigenvalue weighted by Gasteiger charge is 2.39. The Morgan fingerprint density at radius 1 is 1.03 bits per heavy atom. The zero-order valence-corrected chi connectivity index (χ0v) is 16.3. The van der Waals surface area contributed by atoms with Gasteiger partial charge in [-0.05, 0) is 68.2 Å². The monoisotopic (exact) mass is 389 g/mol. The highest BCUT2D eigenvalue weighted by Crippen LogP contribution is 2.35. The van der Waals surface area contributed by atoms with E-state index in [0.717, 1.165) is 48.6 Å². The van der Waals surface area contributed by atoms with Crippen LogP contribution in [0.25, 0.3) is 11.4 Å². The van der Waals surface area contributed by atoms with E-state index in [2.05, 4.69) is 50.6 Å². The third-order valence-electron chi connectivity index (χ3n) is 6.08. The molecule has 0 amide bonds.